The van der Waals surface area contributed by atoms with E-state index in [1.807, 2.05) is 31.2 Å². The summed E-state index contributed by atoms with van der Waals surface area (Å²) in [5.74, 6) is -0.445. The molecular formula is C12H11NO2. The molecule has 0 spiro atoms. The summed E-state index contributed by atoms with van der Waals surface area (Å²) in [5, 5.41) is 0.495. The van der Waals surface area contributed by atoms with E-state index in [1.54, 1.807) is 0 Å². The molecule has 0 radical (unpaired) electrons. The zero-order valence-electron chi connectivity index (χ0n) is 8.49. The monoisotopic (exact) mass is 201 g/mol. The third-order valence-corrected chi connectivity index (χ3v) is 2.34. The standard InChI is InChI=1S/C12H11NO2/c1-8-6-4-5-7-11(8)13-9(2)10(3)15-12(13)14/h4-7H,2-3H2,1H3. The van der Waals surface area contributed by atoms with Gasteiger partial charge in [0.05, 0.1) is 11.0 Å². The Morgan fingerprint density at radius 2 is 1.93 bits per heavy atom. The lowest BCUT2D eigenvalue weighted by atomic mass is 10.2. The molecule has 2 rings (SSSR count). The number of aromatic nitrogens is 1. The van der Waals surface area contributed by atoms with Crippen LogP contribution in [0, 0.1) is 6.92 Å². The summed E-state index contributed by atoms with van der Waals surface area (Å²) < 4.78 is 6.32. The van der Waals surface area contributed by atoms with E-state index in [0.29, 0.717) is 10.8 Å². The lowest BCUT2D eigenvalue weighted by molar-refractivity contribution is 0.478. The van der Waals surface area contributed by atoms with Crippen LogP contribution in [0.5, 0.6) is 0 Å². The van der Waals surface area contributed by atoms with E-state index in [2.05, 4.69) is 13.2 Å². The Hall–Kier alpha value is -2.03. The number of para-hydroxylation sites is 1. The molecule has 0 atom stereocenters. The summed E-state index contributed by atoms with van der Waals surface area (Å²) in [6.07, 6.45) is 0. The summed E-state index contributed by atoms with van der Waals surface area (Å²) in [6, 6.07) is 7.55. The van der Waals surface area contributed by atoms with Crippen LogP contribution in [-0.4, -0.2) is 4.57 Å². The molecule has 0 aliphatic rings. The normalized spacial score (nSPS) is 10.5. The Balaban J connectivity index is 2.87. The average molecular weight is 201 g/mol. The van der Waals surface area contributed by atoms with Crippen LogP contribution in [0.4, 0.5) is 0 Å². The maximum atomic E-state index is 11.5. The molecule has 0 N–H and O–H groups in total. The van der Waals surface area contributed by atoms with Gasteiger partial charge in [0, 0.05) is 0 Å². The Labute approximate surface area is 86.6 Å². The Kier molecular flexibility index (Phi) is 2.08. The van der Waals surface area contributed by atoms with Crippen LogP contribution in [-0.2, 0) is 0 Å². The van der Waals surface area contributed by atoms with Crippen molar-refractivity contribution in [2.75, 3.05) is 0 Å². The van der Waals surface area contributed by atoms with E-state index >= 15 is 0 Å². The maximum Gasteiger partial charge on any atom is 0.424 e. The Morgan fingerprint density at radius 3 is 2.47 bits per heavy atom. The Morgan fingerprint density at radius 1 is 1.27 bits per heavy atom. The first-order chi connectivity index (χ1) is 7.11. The topological polar surface area (TPSA) is 35.1 Å². The highest BCUT2D eigenvalue weighted by molar-refractivity contribution is 5.40. The van der Waals surface area contributed by atoms with E-state index in [4.69, 9.17) is 4.42 Å². The number of benzene rings is 1. The van der Waals surface area contributed by atoms with Gasteiger partial charge in [-0.15, -0.1) is 0 Å². The summed E-state index contributed by atoms with van der Waals surface area (Å²) in [4.78, 5) is 11.5. The SMILES string of the molecule is C=c1oc(=O)n(-c2ccccc2C)c1=C. The van der Waals surface area contributed by atoms with E-state index < -0.39 is 5.76 Å². The smallest absolute Gasteiger partial charge is 0.408 e. The van der Waals surface area contributed by atoms with Crippen molar-refractivity contribution in [3.05, 3.63) is 51.1 Å². The van der Waals surface area contributed by atoms with E-state index in [1.165, 1.54) is 4.57 Å². The van der Waals surface area contributed by atoms with Crippen molar-refractivity contribution >= 4 is 13.2 Å². The minimum Gasteiger partial charge on any atom is -0.408 e. The number of oxazole rings is 1. The van der Waals surface area contributed by atoms with Crippen molar-refractivity contribution in [1.82, 2.24) is 4.57 Å². The fourth-order valence-corrected chi connectivity index (χ4v) is 1.50. The molecule has 0 saturated heterocycles. The van der Waals surface area contributed by atoms with Crippen LogP contribution in [0.25, 0.3) is 18.8 Å². The van der Waals surface area contributed by atoms with Crippen LogP contribution in [0.3, 0.4) is 0 Å². The summed E-state index contributed by atoms with van der Waals surface area (Å²) >= 11 is 0. The van der Waals surface area contributed by atoms with Gasteiger partial charge in [0.1, 0.15) is 5.42 Å². The second-order valence-electron chi connectivity index (χ2n) is 3.36. The molecule has 0 aliphatic heterocycles. The molecule has 1 aromatic carbocycles. The fourth-order valence-electron chi connectivity index (χ4n) is 1.50. The van der Waals surface area contributed by atoms with Crippen LogP contribution >= 0.6 is 0 Å². The lowest BCUT2D eigenvalue weighted by Gasteiger charge is -2.03. The van der Waals surface area contributed by atoms with E-state index in [-0.39, 0.29) is 0 Å². The predicted octanol–water partition coefficient (Wildman–Crippen LogP) is 0.560. The molecular weight excluding hydrogens is 190 g/mol. The molecule has 3 nitrogen and oxygen atoms in total. The number of aryl methyl sites for hydroxylation is 1. The minimum atomic E-state index is -0.445. The molecule has 1 aromatic heterocycles. The van der Waals surface area contributed by atoms with Crippen molar-refractivity contribution in [2.24, 2.45) is 0 Å². The largest absolute Gasteiger partial charge is 0.424 e. The highest BCUT2D eigenvalue weighted by Crippen LogP contribution is 2.08. The van der Waals surface area contributed by atoms with Crippen LogP contribution < -0.4 is 16.5 Å². The van der Waals surface area contributed by atoms with E-state index in [9.17, 15) is 4.79 Å². The summed E-state index contributed by atoms with van der Waals surface area (Å²) in [6.45, 7) is 9.30. The number of hydrogen-bond acceptors (Lipinski definition) is 2. The van der Waals surface area contributed by atoms with Gasteiger partial charge in [-0.1, -0.05) is 31.4 Å². The molecule has 1 heterocycles. The first-order valence-corrected chi connectivity index (χ1v) is 4.57. The van der Waals surface area contributed by atoms with Gasteiger partial charge in [0.2, 0.25) is 0 Å². The zero-order chi connectivity index (χ0) is 11.0. The van der Waals surface area contributed by atoms with Crippen LogP contribution in [0.15, 0.2) is 33.5 Å². The summed E-state index contributed by atoms with van der Waals surface area (Å²) in [5.41, 5.74) is 2.08. The van der Waals surface area contributed by atoms with Crippen molar-refractivity contribution in [2.45, 2.75) is 6.92 Å². The van der Waals surface area contributed by atoms with Crippen molar-refractivity contribution < 1.29 is 4.42 Å². The second kappa shape index (κ2) is 3.28. The van der Waals surface area contributed by atoms with E-state index in [0.717, 1.165) is 11.3 Å². The molecule has 0 bridgehead atoms. The first-order valence-electron chi connectivity index (χ1n) is 4.57. The number of hydrogen-bond donors (Lipinski definition) is 0. The van der Waals surface area contributed by atoms with Gasteiger partial charge in [0.25, 0.3) is 0 Å². The highest BCUT2D eigenvalue weighted by Gasteiger charge is 2.06. The van der Waals surface area contributed by atoms with Gasteiger partial charge < -0.3 is 4.42 Å². The third kappa shape index (κ3) is 1.42. The van der Waals surface area contributed by atoms with Gasteiger partial charge in [-0.25, -0.2) is 9.36 Å². The first kappa shape index (κ1) is 9.52. The van der Waals surface area contributed by atoms with Gasteiger partial charge in [-0.05, 0) is 18.6 Å². The number of nitrogens with zero attached hydrogens (tertiary/aromatic N) is 1. The summed E-state index contributed by atoms with van der Waals surface area (Å²) in [7, 11) is 0. The highest BCUT2D eigenvalue weighted by atomic mass is 16.4. The average Bonchev–Trinajstić information content (AvgIpc) is 2.43. The van der Waals surface area contributed by atoms with Crippen LogP contribution in [0.1, 0.15) is 5.56 Å². The molecule has 3 heteroatoms. The zero-order valence-corrected chi connectivity index (χ0v) is 8.49. The van der Waals surface area contributed by atoms with Crippen LogP contribution in [0.2, 0.25) is 0 Å². The molecule has 76 valence electrons. The van der Waals surface area contributed by atoms with Gasteiger partial charge in [-0.2, -0.15) is 0 Å². The molecule has 0 aliphatic carbocycles. The predicted molar refractivity (Wildman–Crippen MR) is 59.3 cm³/mol. The Bertz CT molecular complexity index is 649. The molecule has 0 fully saturated rings. The van der Waals surface area contributed by atoms with Gasteiger partial charge >= 0.3 is 5.76 Å². The molecule has 2 aromatic rings. The van der Waals surface area contributed by atoms with Gasteiger partial charge in [-0.3, -0.25) is 0 Å². The van der Waals surface area contributed by atoms with Gasteiger partial charge in [0.15, 0.2) is 0 Å². The lowest BCUT2D eigenvalue weighted by Crippen LogP contribution is -2.29. The van der Waals surface area contributed by atoms with Crippen molar-refractivity contribution in [1.29, 1.82) is 0 Å². The maximum absolute atomic E-state index is 11.5. The van der Waals surface area contributed by atoms with Crippen molar-refractivity contribution in [3.8, 4) is 5.69 Å². The molecule has 15 heavy (non-hydrogen) atoms. The quantitative estimate of drug-likeness (QED) is 0.675. The molecule has 0 unspecified atom stereocenters. The third-order valence-electron chi connectivity index (χ3n) is 2.34. The second-order valence-corrected chi connectivity index (χ2v) is 3.36. The number of rotatable bonds is 1. The minimum absolute atomic E-state index is 0.309. The van der Waals surface area contributed by atoms with Crippen molar-refractivity contribution in [3.63, 3.8) is 0 Å². The fraction of sp³-hybridized carbons (Fsp3) is 0.0833. The molecule has 0 saturated carbocycles. The molecule has 0 amide bonds.